The van der Waals surface area contributed by atoms with E-state index in [1.54, 1.807) is 0 Å². The monoisotopic (exact) mass is 426 g/mol. The van der Waals surface area contributed by atoms with Crippen molar-refractivity contribution in [3.05, 3.63) is 62.8 Å². The SMILES string of the molecule is ClCCc1nc2ccc(Br)cc2n1Cc1ccccc1Br. The Hall–Kier alpha value is -0.840. The van der Waals surface area contributed by atoms with Gasteiger partial charge in [-0.25, -0.2) is 4.98 Å². The lowest BCUT2D eigenvalue weighted by Gasteiger charge is -2.10. The third-order valence-electron chi connectivity index (χ3n) is 3.39. The Morgan fingerprint density at radius 3 is 2.67 bits per heavy atom. The Kier molecular flexibility index (Phi) is 4.67. The highest BCUT2D eigenvalue weighted by Gasteiger charge is 2.12. The summed E-state index contributed by atoms with van der Waals surface area (Å²) in [5.74, 6) is 1.59. The molecular weight excluding hydrogens is 415 g/mol. The molecule has 1 heterocycles. The predicted octanol–water partition coefficient (Wildman–Crippen LogP) is 5.39. The largest absolute Gasteiger partial charge is 0.323 e. The number of fused-ring (bicyclic) bond motifs is 1. The average molecular weight is 429 g/mol. The Morgan fingerprint density at radius 1 is 1.10 bits per heavy atom. The summed E-state index contributed by atoms with van der Waals surface area (Å²) < 4.78 is 4.40. The molecule has 0 N–H and O–H groups in total. The zero-order valence-corrected chi connectivity index (χ0v) is 15.1. The van der Waals surface area contributed by atoms with Crippen LogP contribution in [0.1, 0.15) is 11.4 Å². The molecule has 0 aliphatic rings. The summed E-state index contributed by atoms with van der Waals surface area (Å²) in [6, 6.07) is 14.4. The van der Waals surface area contributed by atoms with Crippen LogP contribution in [-0.4, -0.2) is 15.4 Å². The van der Waals surface area contributed by atoms with Gasteiger partial charge in [0.05, 0.1) is 17.6 Å². The molecule has 0 bridgehead atoms. The molecule has 1 aromatic heterocycles. The Bertz CT molecular complexity index is 783. The Balaban J connectivity index is 2.12. The number of aromatic nitrogens is 2. The third-order valence-corrected chi connectivity index (χ3v) is 4.85. The van der Waals surface area contributed by atoms with Crippen molar-refractivity contribution in [1.82, 2.24) is 9.55 Å². The first kappa shape index (κ1) is 15.1. The number of imidazole rings is 1. The maximum absolute atomic E-state index is 5.93. The van der Waals surface area contributed by atoms with Crippen LogP contribution in [-0.2, 0) is 13.0 Å². The lowest BCUT2D eigenvalue weighted by atomic mass is 10.2. The number of rotatable bonds is 4. The van der Waals surface area contributed by atoms with Crippen molar-refractivity contribution in [3.63, 3.8) is 0 Å². The molecule has 0 saturated carbocycles. The maximum atomic E-state index is 5.93. The fraction of sp³-hybridized carbons (Fsp3) is 0.188. The normalized spacial score (nSPS) is 11.2. The number of nitrogens with zero attached hydrogens (tertiary/aromatic N) is 2. The molecule has 3 rings (SSSR count). The van der Waals surface area contributed by atoms with Crippen molar-refractivity contribution in [2.75, 3.05) is 5.88 Å². The fourth-order valence-electron chi connectivity index (χ4n) is 2.39. The van der Waals surface area contributed by atoms with Crippen molar-refractivity contribution < 1.29 is 0 Å². The van der Waals surface area contributed by atoms with E-state index in [2.05, 4.69) is 60.7 Å². The minimum absolute atomic E-state index is 0.570. The van der Waals surface area contributed by atoms with Crippen LogP contribution in [0.2, 0.25) is 0 Å². The highest BCUT2D eigenvalue weighted by molar-refractivity contribution is 9.10. The second-order valence-electron chi connectivity index (χ2n) is 4.78. The first-order chi connectivity index (χ1) is 10.2. The van der Waals surface area contributed by atoms with E-state index in [1.165, 1.54) is 5.56 Å². The van der Waals surface area contributed by atoms with E-state index in [4.69, 9.17) is 16.6 Å². The second kappa shape index (κ2) is 6.51. The quantitative estimate of drug-likeness (QED) is 0.510. The van der Waals surface area contributed by atoms with Gasteiger partial charge < -0.3 is 4.57 Å². The van der Waals surface area contributed by atoms with Crippen LogP contribution in [0.4, 0.5) is 0 Å². The van der Waals surface area contributed by atoms with Crippen LogP contribution in [0.15, 0.2) is 51.4 Å². The number of halogens is 3. The highest BCUT2D eigenvalue weighted by Crippen LogP contribution is 2.25. The van der Waals surface area contributed by atoms with Crippen LogP contribution < -0.4 is 0 Å². The molecule has 0 saturated heterocycles. The van der Waals surface area contributed by atoms with E-state index >= 15 is 0 Å². The molecule has 0 fully saturated rings. The lowest BCUT2D eigenvalue weighted by Crippen LogP contribution is -2.06. The van der Waals surface area contributed by atoms with Gasteiger partial charge in [-0.2, -0.15) is 0 Å². The molecule has 2 nitrogen and oxygen atoms in total. The summed E-state index contributed by atoms with van der Waals surface area (Å²) in [6.45, 7) is 0.778. The summed E-state index contributed by atoms with van der Waals surface area (Å²) in [7, 11) is 0. The lowest BCUT2D eigenvalue weighted by molar-refractivity contribution is 0.752. The number of alkyl halides is 1. The van der Waals surface area contributed by atoms with Gasteiger partial charge in [-0.3, -0.25) is 0 Å². The average Bonchev–Trinajstić information content (AvgIpc) is 2.79. The summed E-state index contributed by atoms with van der Waals surface area (Å²) in [4.78, 5) is 4.71. The maximum Gasteiger partial charge on any atom is 0.111 e. The number of aryl methyl sites for hydroxylation is 1. The van der Waals surface area contributed by atoms with Crippen molar-refractivity contribution in [1.29, 1.82) is 0 Å². The second-order valence-corrected chi connectivity index (χ2v) is 6.93. The third kappa shape index (κ3) is 3.17. The number of hydrogen-bond donors (Lipinski definition) is 0. The van der Waals surface area contributed by atoms with E-state index in [0.29, 0.717) is 5.88 Å². The molecule has 2 aromatic carbocycles. The van der Waals surface area contributed by atoms with Crippen LogP contribution in [0, 0.1) is 0 Å². The highest BCUT2D eigenvalue weighted by atomic mass is 79.9. The van der Waals surface area contributed by atoms with Gasteiger partial charge in [-0.15, -0.1) is 11.6 Å². The molecule has 3 aromatic rings. The van der Waals surface area contributed by atoms with E-state index in [9.17, 15) is 0 Å². The summed E-state index contributed by atoms with van der Waals surface area (Å²) in [5, 5.41) is 0. The molecular formula is C16H13Br2ClN2. The molecule has 0 radical (unpaired) electrons. The standard InChI is InChI=1S/C16H13Br2ClN2/c17-12-5-6-14-15(9-12)21(16(20-14)7-8-19)10-11-3-1-2-4-13(11)18/h1-6,9H,7-8,10H2. The van der Waals surface area contributed by atoms with Gasteiger partial charge in [0, 0.05) is 21.2 Å². The fourth-order valence-corrected chi connectivity index (χ4v) is 3.32. The first-order valence-electron chi connectivity index (χ1n) is 6.63. The van der Waals surface area contributed by atoms with Gasteiger partial charge in [0.15, 0.2) is 0 Å². The van der Waals surface area contributed by atoms with Gasteiger partial charge in [0.25, 0.3) is 0 Å². The van der Waals surface area contributed by atoms with Gasteiger partial charge in [-0.05, 0) is 29.8 Å². The molecule has 0 aliphatic carbocycles. The van der Waals surface area contributed by atoms with E-state index < -0.39 is 0 Å². The molecule has 5 heteroatoms. The van der Waals surface area contributed by atoms with Crippen LogP contribution in [0.5, 0.6) is 0 Å². The van der Waals surface area contributed by atoms with Gasteiger partial charge in [-0.1, -0.05) is 50.1 Å². The minimum Gasteiger partial charge on any atom is -0.323 e. The Morgan fingerprint density at radius 2 is 1.90 bits per heavy atom. The topological polar surface area (TPSA) is 17.8 Å². The zero-order valence-electron chi connectivity index (χ0n) is 11.2. The minimum atomic E-state index is 0.570. The molecule has 0 unspecified atom stereocenters. The number of benzene rings is 2. The summed E-state index contributed by atoms with van der Waals surface area (Å²) >= 11 is 13.1. The molecule has 0 atom stereocenters. The predicted molar refractivity (Wildman–Crippen MR) is 95.1 cm³/mol. The molecule has 0 spiro atoms. The van der Waals surface area contributed by atoms with Gasteiger partial charge >= 0.3 is 0 Å². The van der Waals surface area contributed by atoms with Crippen molar-refractivity contribution in [2.24, 2.45) is 0 Å². The van der Waals surface area contributed by atoms with Crippen LogP contribution >= 0.6 is 43.5 Å². The van der Waals surface area contributed by atoms with Crippen molar-refractivity contribution in [3.8, 4) is 0 Å². The van der Waals surface area contributed by atoms with Crippen molar-refractivity contribution >= 4 is 54.5 Å². The van der Waals surface area contributed by atoms with Crippen LogP contribution in [0.25, 0.3) is 11.0 Å². The van der Waals surface area contributed by atoms with E-state index in [0.717, 1.165) is 38.8 Å². The smallest absolute Gasteiger partial charge is 0.111 e. The zero-order chi connectivity index (χ0) is 14.8. The molecule has 0 amide bonds. The molecule has 0 aliphatic heterocycles. The first-order valence-corrected chi connectivity index (χ1v) is 8.75. The number of hydrogen-bond acceptors (Lipinski definition) is 1. The van der Waals surface area contributed by atoms with E-state index in [1.807, 2.05) is 18.2 Å². The van der Waals surface area contributed by atoms with Crippen molar-refractivity contribution in [2.45, 2.75) is 13.0 Å². The summed E-state index contributed by atoms with van der Waals surface area (Å²) in [5.41, 5.74) is 3.36. The van der Waals surface area contributed by atoms with Gasteiger partial charge in [0.1, 0.15) is 5.82 Å². The van der Waals surface area contributed by atoms with E-state index in [-0.39, 0.29) is 0 Å². The molecule has 108 valence electrons. The Labute approximate surface area is 145 Å². The molecule has 21 heavy (non-hydrogen) atoms. The van der Waals surface area contributed by atoms with Crippen LogP contribution in [0.3, 0.4) is 0 Å². The summed E-state index contributed by atoms with van der Waals surface area (Å²) in [6.07, 6.45) is 0.762. The van der Waals surface area contributed by atoms with Gasteiger partial charge in [0.2, 0.25) is 0 Å².